The first-order valence-electron chi connectivity index (χ1n) is 7.52. The van der Waals surface area contributed by atoms with Gasteiger partial charge in [0.15, 0.2) is 0 Å². The van der Waals surface area contributed by atoms with E-state index in [1.807, 2.05) is 30.3 Å². The van der Waals surface area contributed by atoms with E-state index in [2.05, 4.69) is 0 Å². The Kier molecular flexibility index (Phi) is 5.07. The van der Waals surface area contributed by atoms with Crippen LogP contribution in [0, 0.1) is 0 Å². The third-order valence-electron chi connectivity index (χ3n) is 3.92. The van der Waals surface area contributed by atoms with E-state index in [1.165, 1.54) is 4.90 Å². The van der Waals surface area contributed by atoms with Crippen molar-refractivity contribution >= 4 is 35.2 Å². The number of imide groups is 1. The van der Waals surface area contributed by atoms with Crippen LogP contribution in [0.4, 0.5) is 4.79 Å². The Morgan fingerprint density at radius 3 is 2.62 bits per heavy atom. The van der Waals surface area contributed by atoms with E-state index < -0.39 is 6.09 Å². The Morgan fingerprint density at radius 2 is 1.88 bits per heavy atom. The van der Waals surface area contributed by atoms with E-state index in [4.69, 9.17) is 27.9 Å². The summed E-state index contributed by atoms with van der Waals surface area (Å²) in [6, 6.07) is 14.5. The third kappa shape index (κ3) is 3.55. The number of amides is 2. The molecule has 0 radical (unpaired) electrons. The number of hydrogen-bond donors (Lipinski definition) is 0. The van der Waals surface area contributed by atoms with E-state index in [1.54, 1.807) is 18.2 Å². The molecule has 2 aromatic carbocycles. The van der Waals surface area contributed by atoms with Crippen LogP contribution in [0.25, 0.3) is 0 Å². The van der Waals surface area contributed by atoms with Crippen LogP contribution in [0.1, 0.15) is 11.1 Å². The zero-order valence-electron chi connectivity index (χ0n) is 12.7. The quantitative estimate of drug-likeness (QED) is 0.820. The van der Waals surface area contributed by atoms with Gasteiger partial charge in [-0.1, -0.05) is 65.7 Å². The van der Waals surface area contributed by atoms with Crippen molar-refractivity contribution in [3.8, 4) is 0 Å². The molecule has 0 aromatic heterocycles. The second-order valence-electron chi connectivity index (χ2n) is 5.57. The van der Waals surface area contributed by atoms with E-state index in [0.717, 1.165) is 5.56 Å². The van der Waals surface area contributed by atoms with Gasteiger partial charge in [0.1, 0.15) is 6.61 Å². The Labute approximate surface area is 149 Å². The van der Waals surface area contributed by atoms with E-state index in [0.29, 0.717) is 22.0 Å². The average molecular weight is 364 g/mol. The molecule has 2 amide bonds. The number of nitrogens with zero attached hydrogens (tertiary/aromatic N) is 1. The standard InChI is InChI=1S/C18H15Cl2NO3/c19-15-8-4-7-13(17(15)20)10-16(22)21-14(11-24-18(21)23)9-12-5-2-1-3-6-12/h1-8,14H,9-11H2/t14-/m1/s1. The highest BCUT2D eigenvalue weighted by atomic mass is 35.5. The van der Waals surface area contributed by atoms with Crippen LogP contribution in [0.5, 0.6) is 0 Å². The fraction of sp³-hybridized carbons (Fsp3) is 0.222. The first-order chi connectivity index (χ1) is 11.6. The van der Waals surface area contributed by atoms with Gasteiger partial charge in [-0.2, -0.15) is 0 Å². The molecule has 1 fully saturated rings. The predicted octanol–water partition coefficient (Wildman–Crippen LogP) is 4.13. The number of hydrogen-bond acceptors (Lipinski definition) is 3. The van der Waals surface area contributed by atoms with Crippen LogP contribution in [-0.4, -0.2) is 29.5 Å². The molecule has 1 heterocycles. The zero-order valence-corrected chi connectivity index (χ0v) is 14.3. The molecule has 6 heteroatoms. The third-order valence-corrected chi connectivity index (χ3v) is 4.78. The molecule has 0 saturated carbocycles. The Hall–Kier alpha value is -2.04. The van der Waals surface area contributed by atoms with Gasteiger partial charge in [-0.3, -0.25) is 4.79 Å². The van der Waals surface area contributed by atoms with Crippen molar-refractivity contribution in [1.29, 1.82) is 0 Å². The van der Waals surface area contributed by atoms with E-state index in [-0.39, 0.29) is 25.0 Å². The summed E-state index contributed by atoms with van der Waals surface area (Å²) >= 11 is 12.1. The molecule has 2 aromatic rings. The molecular weight excluding hydrogens is 349 g/mol. The van der Waals surface area contributed by atoms with Gasteiger partial charge in [-0.25, -0.2) is 9.69 Å². The first kappa shape index (κ1) is 16.8. The van der Waals surface area contributed by atoms with Crippen LogP contribution >= 0.6 is 23.2 Å². The van der Waals surface area contributed by atoms with Crippen molar-refractivity contribution in [2.45, 2.75) is 18.9 Å². The molecule has 1 atom stereocenters. The molecule has 124 valence electrons. The van der Waals surface area contributed by atoms with Gasteiger partial charge in [0.2, 0.25) is 5.91 Å². The maximum Gasteiger partial charge on any atom is 0.416 e. The second-order valence-corrected chi connectivity index (χ2v) is 6.36. The minimum atomic E-state index is -0.612. The van der Waals surface area contributed by atoms with Crippen LogP contribution < -0.4 is 0 Å². The Bertz CT molecular complexity index is 764. The molecule has 0 N–H and O–H groups in total. The van der Waals surface area contributed by atoms with Crippen molar-refractivity contribution in [3.05, 3.63) is 69.7 Å². The van der Waals surface area contributed by atoms with Crippen molar-refractivity contribution in [2.75, 3.05) is 6.61 Å². The van der Waals surface area contributed by atoms with Gasteiger partial charge in [-0.15, -0.1) is 0 Å². The maximum atomic E-state index is 12.6. The molecular formula is C18H15Cl2NO3. The van der Waals surface area contributed by atoms with Crippen molar-refractivity contribution < 1.29 is 14.3 Å². The summed E-state index contributed by atoms with van der Waals surface area (Å²) in [5, 5.41) is 0.714. The van der Waals surface area contributed by atoms with Crippen LogP contribution in [0.2, 0.25) is 10.0 Å². The maximum absolute atomic E-state index is 12.6. The zero-order chi connectivity index (χ0) is 17.1. The molecule has 4 nitrogen and oxygen atoms in total. The molecule has 0 bridgehead atoms. The lowest BCUT2D eigenvalue weighted by Gasteiger charge is -2.20. The molecule has 24 heavy (non-hydrogen) atoms. The SMILES string of the molecule is O=C(Cc1cccc(Cl)c1Cl)N1C(=O)OC[C@H]1Cc1ccccc1. The summed E-state index contributed by atoms with van der Waals surface area (Å²) in [7, 11) is 0. The van der Waals surface area contributed by atoms with Crippen molar-refractivity contribution in [2.24, 2.45) is 0 Å². The number of ether oxygens (including phenoxy) is 1. The minimum absolute atomic E-state index is 0.000215. The fourth-order valence-electron chi connectivity index (χ4n) is 2.74. The van der Waals surface area contributed by atoms with Crippen molar-refractivity contribution in [1.82, 2.24) is 4.90 Å². The lowest BCUT2D eigenvalue weighted by atomic mass is 10.0. The summed E-state index contributed by atoms with van der Waals surface area (Å²) in [5.41, 5.74) is 1.63. The van der Waals surface area contributed by atoms with Crippen molar-refractivity contribution in [3.63, 3.8) is 0 Å². The molecule has 1 aliphatic rings. The molecule has 0 aliphatic carbocycles. The van der Waals surface area contributed by atoms with Gasteiger partial charge in [0, 0.05) is 0 Å². The number of benzene rings is 2. The average Bonchev–Trinajstić information content (AvgIpc) is 2.93. The molecule has 1 aliphatic heterocycles. The van der Waals surface area contributed by atoms with Gasteiger partial charge in [0.25, 0.3) is 0 Å². The number of carbonyl (C=O) groups is 2. The number of rotatable bonds is 4. The molecule has 0 unspecified atom stereocenters. The topological polar surface area (TPSA) is 46.6 Å². The minimum Gasteiger partial charge on any atom is -0.447 e. The fourth-order valence-corrected chi connectivity index (χ4v) is 3.12. The second kappa shape index (κ2) is 7.24. The van der Waals surface area contributed by atoms with Crippen LogP contribution in [-0.2, 0) is 22.4 Å². The number of carbonyl (C=O) groups excluding carboxylic acids is 2. The van der Waals surface area contributed by atoms with Crippen LogP contribution in [0.3, 0.4) is 0 Å². The predicted molar refractivity (Wildman–Crippen MR) is 92.3 cm³/mol. The van der Waals surface area contributed by atoms with Gasteiger partial charge in [0.05, 0.1) is 22.5 Å². The van der Waals surface area contributed by atoms with Crippen LogP contribution in [0.15, 0.2) is 48.5 Å². The number of halogens is 2. The molecule has 0 spiro atoms. The number of cyclic esters (lactones) is 1. The highest BCUT2D eigenvalue weighted by Crippen LogP contribution is 2.27. The lowest BCUT2D eigenvalue weighted by Crippen LogP contribution is -2.41. The Balaban J connectivity index is 1.76. The van der Waals surface area contributed by atoms with E-state index >= 15 is 0 Å². The highest BCUT2D eigenvalue weighted by Gasteiger charge is 2.37. The summed E-state index contributed by atoms with van der Waals surface area (Å²) in [6.45, 7) is 0.197. The first-order valence-corrected chi connectivity index (χ1v) is 8.27. The monoisotopic (exact) mass is 363 g/mol. The summed E-state index contributed by atoms with van der Waals surface area (Å²) in [6.07, 6.45) is -0.0550. The van der Waals surface area contributed by atoms with Gasteiger partial charge >= 0.3 is 6.09 Å². The lowest BCUT2D eigenvalue weighted by molar-refractivity contribution is -0.128. The van der Waals surface area contributed by atoms with Gasteiger partial charge in [-0.05, 0) is 23.6 Å². The summed E-state index contributed by atoms with van der Waals surface area (Å²) in [4.78, 5) is 25.8. The highest BCUT2D eigenvalue weighted by molar-refractivity contribution is 6.42. The normalized spacial score (nSPS) is 17.0. The Morgan fingerprint density at radius 1 is 1.12 bits per heavy atom. The summed E-state index contributed by atoms with van der Waals surface area (Å²) < 4.78 is 5.07. The van der Waals surface area contributed by atoms with Gasteiger partial charge < -0.3 is 4.74 Å². The van der Waals surface area contributed by atoms with E-state index in [9.17, 15) is 9.59 Å². The molecule has 1 saturated heterocycles. The summed E-state index contributed by atoms with van der Waals surface area (Å²) in [5.74, 6) is -0.345. The largest absolute Gasteiger partial charge is 0.447 e. The smallest absolute Gasteiger partial charge is 0.416 e. The molecule has 3 rings (SSSR count).